The third-order valence-corrected chi connectivity index (χ3v) is 12.9. The van der Waals surface area contributed by atoms with Gasteiger partial charge in [-0.25, -0.2) is 0 Å². The second kappa shape index (κ2) is 16.1. The van der Waals surface area contributed by atoms with Crippen molar-refractivity contribution in [3.05, 3.63) is 17.9 Å². The van der Waals surface area contributed by atoms with Gasteiger partial charge < -0.3 is 4.42 Å². The van der Waals surface area contributed by atoms with E-state index < -0.39 is 8.07 Å². The first kappa shape index (κ1) is 27.5. The van der Waals surface area contributed by atoms with Crippen LogP contribution in [0.2, 0.25) is 18.1 Å². The van der Waals surface area contributed by atoms with Crippen molar-refractivity contribution in [1.29, 1.82) is 0 Å². The monoisotopic (exact) mass is 436 g/mol. The zero-order valence-corrected chi connectivity index (χ0v) is 22.0. The summed E-state index contributed by atoms with van der Waals surface area (Å²) >= 11 is 0. The van der Waals surface area contributed by atoms with Crippen LogP contribution < -0.4 is 11.2 Å². The van der Waals surface area contributed by atoms with Gasteiger partial charge in [0.15, 0.2) is 0 Å². The van der Waals surface area contributed by atoms with Crippen molar-refractivity contribution >= 4 is 13.5 Å². The molecule has 1 aromatic rings. The lowest BCUT2D eigenvalue weighted by atomic mass is 9.91. The summed E-state index contributed by atoms with van der Waals surface area (Å²) in [6.07, 6.45) is 18.1. The minimum Gasteiger partial charge on any atom is -0.474 e. The molecule has 0 amide bonds. The maximum absolute atomic E-state index is 6.10. The van der Waals surface area contributed by atoms with Crippen LogP contribution in [-0.4, -0.2) is 26.7 Å². The van der Waals surface area contributed by atoms with E-state index in [0.29, 0.717) is 0 Å². The topological polar surface area (TPSA) is 42.4 Å². The Labute approximate surface area is 189 Å². The van der Waals surface area contributed by atoms with Crippen molar-refractivity contribution in [2.24, 2.45) is 11.8 Å². The molecule has 1 aromatic heterocycles. The van der Waals surface area contributed by atoms with E-state index in [-0.39, 0.29) is 0 Å². The molecule has 1 rings (SSSR count). The van der Waals surface area contributed by atoms with Crippen LogP contribution in [0.25, 0.3) is 0 Å². The molecule has 1 unspecified atom stereocenters. The Morgan fingerprint density at radius 2 is 1.47 bits per heavy atom. The Morgan fingerprint density at radius 3 is 2.07 bits per heavy atom. The molecule has 0 aliphatic carbocycles. The first-order valence-corrected chi connectivity index (χ1v) is 15.7. The largest absolute Gasteiger partial charge is 0.474 e. The van der Waals surface area contributed by atoms with Gasteiger partial charge >= 0.3 is 0 Å². The van der Waals surface area contributed by atoms with Crippen LogP contribution in [0, 0.1) is 5.92 Å². The van der Waals surface area contributed by atoms with Gasteiger partial charge in [0.05, 0.1) is 11.6 Å². The molecule has 1 heterocycles. The van der Waals surface area contributed by atoms with E-state index >= 15 is 0 Å². The summed E-state index contributed by atoms with van der Waals surface area (Å²) in [5.74, 6) is 6.72. The van der Waals surface area contributed by atoms with E-state index in [0.717, 1.165) is 12.5 Å². The highest BCUT2D eigenvalue weighted by Crippen LogP contribution is 2.25. The van der Waals surface area contributed by atoms with Crippen LogP contribution >= 0.6 is 0 Å². The second-order valence-corrected chi connectivity index (χ2v) is 14.7. The van der Waals surface area contributed by atoms with Crippen LogP contribution in [0.1, 0.15) is 104 Å². The molecule has 2 N–H and O–H groups in total. The molecule has 176 valence electrons. The lowest BCUT2D eigenvalue weighted by Gasteiger charge is -2.27. The normalized spacial score (nSPS) is 13.3. The average Bonchev–Trinajstić information content (AvgIpc) is 3.21. The standard InChI is InChI=1S/C26H52N2OSi/c1-6-10-11-12-13-14-15-17-24(20-22-28(5)27)18-16-19-25-21-23-29-26(25)30(7-2,8-3)9-4/h21,23-24H,6-20,22,27H2,1-5H3. The molecule has 30 heavy (non-hydrogen) atoms. The van der Waals surface area contributed by atoms with Crippen molar-refractivity contribution in [3.8, 4) is 0 Å². The smallest absolute Gasteiger partial charge is 0.131 e. The van der Waals surface area contributed by atoms with E-state index in [4.69, 9.17) is 10.3 Å². The molecule has 1 atom stereocenters. The summed E-state index contributed by atoms with van der Waals surface area (Å²) in [7, 11) is 0.570. The Bertz CT molecular complexity index is 517. The Kier molecular flexibility index (Phi) is 14.7. The molecule has 0 saturated carbocycles. The summed E-state index contributed by atoms with van der Waals surface area (Å²) in [6, 6.07) is 6.15. The molecule has 0 bridgehead atoms. The van der Waals surface area contributed by atoms with Gasteiger partial charge in [-0.05, 0) is 36.8 Å². The van der Waals surface area contributed by atoms with E-state index in [2.05, 4.69) is 33.8 Å². The highest BCUT2D eigenvalue weighted by atomic mass is 28.3. The van der Waals surface area contributed by atoms with Crippen LogP contribution in [0.3, 0.4) is 0 Å². The molecule has 0 aromatic carbocycles. The molecule has 4 heteroatoms. The van der Waals surface area contributed by atoms with E-state index in [1.165, 1.54) is 106 Å². The number of hydrogen-bond donors (Lipinski definition) is 1. The summed E-state index contributed by atoms with van der Waals surface area (Å²) in [4.78, 5) is 0. The number of furan rings is 1. The van der Waals surface area contributed by atoms with E-state index in [1.807, 2.05) is 18.3 Å². The van der Waals surface area contributed by atoms with Gasteiger partial charge in [0, 0.05) is 13.6 Å². The summed E-state index contributed by atoms with van der Waals surface area (Å²) < 4.78 is 6.10. The Balaban J connectivity index is 2.50. The Hall–Kier alpha value is -0.583. The summed E-state index contributed by atoms with van der Waals surface area (Å²) in [6.45, 7) is 10.4. The van der Waals surface area contributed by atoms with Crippen LogP contribution in [0.4, 0.5) is 0 Å². The van der Waals surface area contributed by atoms with Gasteiger partial charge in [0.25, 0.3) is 0 Å². The maximum atomic E-state index is 6.10. The highest BCUT2D eigenvalue weighted by molar-refractivity contribution is 6.91. The fraction of sp³-hybridized carbons (Fsp3) is 0.846. The molecular weight excluding hydrogens is 384 g/mol. The number of hydrazine groups is 1. The van der Waals surface area contributed by atoms with Crippen molar-refractivity contribution in [2.75, 3.05) is 13.6 Å². The molecule has 0 aliphatic heterocycles. The fourth-order valence-corrected chi connectivity index (χ4v) is 8.69. The van der Waals surface area contributed by atoms with Crippen molar-refractivity contribution in [2.45, 2.75) is 123 Å². The zero-order valence-electron chi connectivity index (χ0n) is 21.0. The number of hydrogen-bond acceptors (Lipinski definition) is 3. The van der Waals surface area contributed by atoms with Crippen molar-refractivity contribution in [1.82, 2.24) is 5.01 Å². The van der Waals surface area contributed by atoms with E-state index in [1.54, 1.807) is 0 Å². The lowest BCUT2D eigenvalue weighted by molar-refractivity contribution is 0.287. The minimum atomic E-state index is -1.42. The quantitative estimate of drug-likeness (QED) is 0.107. The van der Waals surface area contributed by atoms with Crippen LogP contribution in [0.5, 0.6) is 0 Å². The zero-order chi connectivity index (χ0) is 22.2. The number of aryl methyl sites for hydroxylation is 1. The number of rotatable bonds is 19. The van der Waals surface area contributed by atoms with Gasteiger partial charge in [0.1, 0.15) is 8.07 Å². The molecule has 0 aliphatic rings. The third-order valence-electron chi connectivity index (χ3n) is 7.42. The molecule has 0 spiro atoms. The van der Waals surface area contributed by atoms with Crippen molar-refractivity contribution < 1.29 is 4.42 Å². The van der Waals surface area contributed by atoms with Gasteiger partial charge in [-0.1, -0.05) is 104 Å². The number of nitrogens with two attached hydrogens (primary N) is 1. The summed E-state index contributed by atoms with van der Waals surface area (Å²) in [5, 5.41) is 3.26. The van der Waals surface area contributed by atoms with Gasteiger partial charge in [-0.3, -0.25) is 10.9 Å². The number of nitrogens with zero attached hydrogens (tertiary/aromatic N) is 1. The average molecular weight is 437 g/mol. The highest BCUT2D eigenvalue weighted by Gasteiger charge is 2.34. The SMILES string of the molecule is CCCCCCCCCC(CCCc1ccoc1[Si](CC)(CC)CC)CCN(C)N. The predicted molar refractivity (Wildman–Crippen MR) is 136 cm³/mol. The third kappa shape index (κ3) is 9.70. The first-order valence-electron chi connectivity index (χ1n) is 13.1. The first-order chi connectivity index (χ1) is 14.5. The van der Waals surface area contributed by atoms with Gasteiger partial charge in [0.2, 0.25) is 0 Å². The van der Waals surface area contributed by atoms with Gasteiger partial charge in [-0.2, -0.15) is 0 Å². The van der Waals surface area contributed by atoms with E-state index in [9.17, 15) is 0 Å². The lowest BCUT2D eigenvalue weighted by Crippen LogP contribution is -2.46. The van der Waals surface area contributed by atoms with Crippen LogP contribution in [0.15, 0.2) is 16.7 Å². The molecule has 0 radical (unpaired) electrons. The molecule has 0 saturated heterocycles. The molecular formula is C26H52N2OSi. The summed E-state index contributed by atoms with van der Waals surface area (Å²) in [5.41, 5.74) is 1.51. The fourth-order valence-electron chi connectivity index (χ4n) is 5.02. The molecule has 3 nitrogen and oxygen atoms in total. The number of unbranched alkanes of at least 4 members (excludes halogenated alkanes) is 6. The Morgan fingerprint density at radius 1 is 0.867 bits per heavy atom. The predicted octanol–water partition coefficient (Wildman–Crippen LogP) is 7.27. The second-order valence-electron chi connectivity index (χ2n) is 9.55. The van der Waals surface area contributed by atoms with Crippen molar-refractivity contribution in [3.63, 3.8) is 0 Å². The van der Waals surface area contributed by atoms with Gasteiger partial charge in [-0.15, -0.1) is 0 Å². The minimum absolute atomic E-state index is 0.813. The molecule has 0 fully saturated rings. The maximum Gasteiger partial charge on any atom is 0.131 e. The van der Waals surface area contributed by atoms with Crippen LogP contribution in [-0.2, 0) is 6.42 Å².